The van der Waals surface area contributed by atoms with Gasteiger partial charge in [-0.2, -0.15) is 4.98 Å². The Morgan fingerprint density at radius 3 is 2.49 bits per heavy atom. The number of methoxy groups -OCH3 is 3. The number of anilines is 2. The van der Waals surface area contributed by atoms with Crippen molar-refractivity contribution in [3.63, 3.8) is 0 Å². The quantitative estimate of drug-likeness (QED) is 0.388. The molecule has 5 rings (SSSR count). The first-order valence-electron chi connectivity index (χ1n) is 11.5. The molecule has 0 spiro atoms. The summed E-state index contributed by atoms with van der Waals surface area (Å²) in [5, 5.41) is 11.0. The van der Waals surface area contributed by atoms with E-state index in [1.54, 1.807) is 56.6 Å². The average molecular weight is 499 g/mol. The van der Waals surface area contributed by atoms with Crippen molar-refractivity contribution in [2.24, 2.45) is 0 Å². The van der Waals surface area contributed by atoms with E-state index in [0.717, 1.165) is 11.1 Å². The molecule has 0 saturated heterocycles. The molecule has 188 valence electrons. The molecule has 0 aliphatic carbocycles. The minimum atomic E-state index is -0.606. The lowest BCUT2D eigenvalue weighted by molar-refractivity contribution is -0.113. The number of nitrogens with zero attached hydrogens (tertiary/aromatic N) is 4. The maximum Gasteiger partial charge on any atom is 0.255 e. The minimum Gasteiger partial charge on any atom is -0.496 e. The Hall–Kier alpha value is -4.86. The number of benzene rings is 2. The van der Waals surface area contributed by atoms with Crippen LogP contribution in [0.4, 0.5) is 11.6 Å². The van der Waals surface area contributed by atoms with Gasteiger partial charge in [0.2, 0.25) is 5.95 Å². The van der Waals surface area contributed by atoms with Gasteiger partial charge < -0.3 is 24.8 Å². The molecule has 2 N–H and O–H groups in total. The van der Waals surface area contributed by atoms with Crippen LogP contribution in [0.15, 0.2) is 78.3 Å². The normalized spacial score (nSPS) is 14.4. The lowest BCUT2D eigenvalue weighted by Gasteiger charge is -2.29. The number of para-hydroxylation sites is 1. The number of nitrogens with one attached hydrogen (secondary N) is 2. The van der Waals surface area contributed by atoms with Crippen LogP contribution in [0.2, 0.25) is 0 Å². The Bertz CT molecular complexity index is 1480. The van der Waals surface area contributed by atoms with Gasteiger partial charge in [0.05, 0.1) is 38.8 Å². The van der Waals surface area contributed by atoms with E-state index in [0.29, 0.717) is 46.0 Å². The van der Waals surface area contributed by atoms with Crippen LogP contribution in [0.25, 0.3) is 11.4 Å². The predicted octanol–water partition coefficient (Wildman–Crippen LogP) is 4.29. The zero-order valence-electron chi connectivity index (χ0n) is 20.9. The lowest BCUT2D eigenvalue weighted by Crippen LogP contribution is -2.31. The molecule has 0 fully saturated rings. The molecule has 1 amide bonds. The smallest absolute Gasteiger partial charge is 0.255 e. The van der Waals surface area contributed by atoms with Crippen molar-refractivity contribution in [3.05, 3.63) is 83.8 Å². The first-order chi connectivity index (χ1) is 18.0. The van der Waals surface area contributed by atoms with Crippen LogP contribution >= 0.6 is 0 Å². The molecule has 3 heterocycles. The van der Waals surface area contributed by atoms with E-state index in [2.05, 4.69) is 15.6 Å². The minimum absolute atomic E-state index is 0.289. The average Bonchev–Trinajstić information content (AvgIpc) is 3.36. The van der Waals surface area contributed by atoms with Crippen LogP contribution in [-0.2, 0) is 4.79 Å². The third-order valence-electron chi connectivity index (χ3n) is 6.09. The van der Waals surface area contributed by atoms with Gasteiger partial charge in [0, 0.05) is 23.0 Å². The van der Waals surface area contributed by atoms with E-state index < -0.39 is 6.04 Å². The van der Waals surface area contributed by atoms with Crippen molar-refractivity contribution in [3.8, 4) is 28.6 Å². The summed E-state index contributed by atoms with van der Waals surface area (Å²) < 4.78 is 18.2. The second-order valence-electron chi connectivity index (χ2n) is 8.28. The Balaban J connectivity index is 1.63. The van der Waals surface area contributed by atoms with E-state index >= 15 is 0 Å². The Morgan fingerprint density at radius 1 is 0.973 bits per heavy atom. The molecule has 4 aromatic rings. The van der Waals surface area contributed by atoms with Crippen LogP contribution in [-0.4, -0.2) is 47.0 Å². The number of hydrogen-bond acceptors (Lipinski definition) is 8. The van der Waals surface area contributed by atoms with Crippen molar-refractivity contribution < 1.29 is 19.0 Å². The number of carbonyl (C=O) groups excluding carboxylic acids is 1. The third-order valence-corrected chi connectivity index (χ3v) is 6.09. The van der Waals surface area contributed by atoms with Crippen molar-refractivity contribution in [1.29, 1.82) is 0 Å². The Kier molecular flexibility index (Phi) is 6.46. The monoisotopic (exact) mass is 498 g/mol. The van der Waals surface area contributed by atoms with Gasteiger partial charge >= 0.3 is 0 Å². The fourth-order valence-electron chi connectivity index (χ4n) is 4.36. The van der Waals surface area contributed by atoms with Crippen molar-refractivity contribution in [1.82, 2.24) is 19.7 Å². The second-order valence-corrected chi connectivity index (χ2v) is 8.28. The number of fused-ring (bicyclic) bond motifs is 1. The molecule has 0 saturated carbocycles. The highest BCUT2D eigenvalue weighted by atomic mass is 16.5. The zero-order chi connectivity index (χ0) is 25.9. The third kappa shape index (κ3) is 4.44. The zero-order valence-corrected chi connectivity index (χ0v) is 20.9. The number of rotatable bonds is 7. The highest BCUT2D eigenvalue weighted by Crippen LogP contribution is 2.40. The fourth-order valence-corrected chi connectivity index (χ4v) is 4.36. The summed E-state index contributed by atoms with van der Waals surface area (Å²) in [7, 11) is 4.76. The molecule has 2 aromatic heterocycles. The summed E-state index contributed by atoms with van der Waals surface area (Å²) in [4.78, 5) is 22.5. The molecular formula is C27H26N6O4. The van der Waals surface area contributed by atoms with E-state index in [4.69, 9.17) is 24.3 Å². The molecule has 10 heteroatoms. The molecule has 0 radical (unpaired) electrons. The number of aromatic nitrogens is 4. The van der Waals surface area contributed by atoms with Crippen LogP contribution < -0.4 is 24.8 Å². The molecule has 2 aromatic carbocycles. The highest BCUT2D eigenvalue weighted by molar-refractivity contribution is 6.06. The van der Waals surface area contributed by atoms with E-state index in [9.17, 15) is 4.79 Å². The summed E-state index contributed by atoms with van der Waals surface area (Å²) in [5.41, 5.74) is 3.22. The first kappa shape index (κ1) is 23.9. The Labute approximate surface area is 213 Å². The summed E-state index contributed by atoms with van der Waals surface area (Å²) in [6, 6.07) is 16.0. The van der Waals surface area contributed by atoms with Crippen LogP contribution in [0.5, 0.6) is 17.2 Å². The fraction of sp³-hybridized carbons (Fsp3) is 0.185. The molecule has 0 unspecified atom stereocenters. The summed E-state index contributed by atoms with van der Waals surface area (Å²) in [6.45, 7) is 1.84. The van der Waals surface area contributed by atoms with Gasteiger partial charge in [-0.05, 0) is 43.3 Å². The lowest BCUT2D eigenvalue weighted by atomic mass is 9.94. The molecule has 10 nitrogen and oxygen atoms in total. The van der Waals surface area contributed by atoms with Gasteiger partial charge in [0.25, 0.3) is 5.91 Å². The van der Waals surface area contributed by atoms with Gasteiger partial charge in [0.15, 0.2) is 17.3 Å². The number of hydrogen-bond donors (Lipinski definition) is 2. The van der Waals surface area contributed by atoms with Crippen LogP contribution in [0.3, 0.4) is 0 Å². The largest absolute Gasteiger partial charge is 0.496 e. The van der Waals surface area contributed by atoms with E-state index in [1.165, 1.54) is 0 Å². The number of pyridine rings is 1. The SMILES string of the molecule is COc1ccc(-c2nc3n(n2)[C@H](c2ccccc2OC)C(C(=O)Nc2cccnc2)=C(C)N3)cc1OC. The second kappa shape index (κ2) is 10.0. The van der Waals surface area contributed by atoms with Gasteiger partial charge in [-0.3, -0.25) is 9.78 Å². The Morgan fingerprint density at radius 2 is 1.76 bits per heavy atom. The maximum atomic E-state index is 13.6. The summed E-state index contributed by atoms with van der Waals surface area (Å²) in [5.74, 6) is 2.46. The van der Waals surface area contributed by atoms with Crippen molar-refractivity contribution in [2.75, 3.05) is 32.0 Å². The predicted molar refractivity (Wildman–Crippen MR) is 139 cm³/mol. The first-order valence-corrected chi connectivity index (χ1v) is 11.5. The molecule has 1 aliphatic heterocycles. The van der Waals surface area contributed by atoms with Gasteiger partial charge in [-0.25, -0.2) is 4.68 Å². The number of amides is 1. The number of allylic oxidation sites excluding steroid dienone is 1. The summed E-state index contributed by atoms with van der Waals surface area (Å²) >= 11 is 0. The van der Waals surface area contributed by atoms with E-state index in [1.807, 2.05) is 43.3 Å². The van der Waals surface area contributed by atoms with Crippen molar-refractivity contribution in [2.45, 2.75) is 13.0 Å². The maximum absolute atomic E-state index is 13.6. The van der Waals surface area contributed by atoms with Crippen LogP contribution in [0.1, 0.15) is 18.5 Å². The van der Waals surface area contributed by atoms with Crippen molar-refractivity contribution >= 4 is 17.5 Å². The van der Waals surface area contributed by atoms with Crippen LogP contribution in [0, 0.1) is 0 Å². The standard InChI is InChI=1S/C27H26N6O4/c1-16-23(26(34)30-18-8-7-13-28-15-18)24(19-9-5-6-10-20(19)35-2)33-27(29-16)31-25(32-33)17-11-12-21(36-3)22(14-17)37-4/h5-15,24H,1-4H3,(H,30,34)(H,29,31,32)/t24-/m1/s1. The molecule has 37 heavy (non-hydrogen) atoms. The number of carbonyl (C=O) groups is 1. The van der Waals surface area contributed by atoms with Gasteiger partial charge in [-0.1, -0.05) is 18.2 Å². The molecule has 1 atom stereocenters. The van der Waals surface area contributed by atoms with Gasteiger partial charge in [0.1, 0.15) is 11.8 Å². The molecule has 0 bridgehead atoms. The highest BCUT2D eigenvalue weighted by Gasteiger charge is 2.36. The molecule has 1 aliphatic rings. The number of ether oxygens (including phenoxy) is 3. The topological polar surface area (TPSA) is 112 Å². The van der Waals surface area contributed by atoms with E-state index in [-0.39, 0.29) is 5.91 Å². The molecular weight excluding hydrogens is 472 g/mol. The summed E-state index contributed by atoms with van der Waals surface area (Å²) in [6.07, 6.45) is 3.25. The van der Waals surface area contributed by atoms with Gasteiger partial charge in [-0.15, -0.1) is 5.10 Å².